The zero-order chi connectivity index (χ0) is 18.2. The molecule has 1 aromatic rings. The summed E-state index contributed by atoms with van der Waals surface area (Å²) in [4.78, 5) is 24.7. The number of carbonyl (C=O) groups excluding carboxylic acids is 1. The molecule has 2 aliphatic heterocycles. The molecule has 2 aliphatic rings. The van der Waals surface area contributed by atoms with E-state index < -0.39 is 33.8 Å². The molecule has 1 atom stereocenters. The molecule has 0 aliphatic carbocycles. The first-order chi connectivity index (χ1) is 11.8. The number of hydrogen-bond donors (Lipinski definition) is 1. The van der Waals surface area contributed by atoms with E-state index in [2.05, 4.69) is 0 Å². The normalized spacial score (nSPS) is 21.6. The molecule has 0 unspecified atom stereocenters. The van der Waals surface area contributed by atoms with E-state index in [0.29, 0.717) is 19.5 Å². The second-order valence-corrected chi connectivity index (χ2v) is 8.14. The number of carboxylic acids is 1. The van der Waals surface area contributed by atoms with Crippen LogP contribution in [0.1, 0.15) is 36.0 Å². The van der Waals surface area contributed by atoms with Gasteiger partial charge in [0.15, 0.2) is 0 Å². The van der Waals surface area contributed by atoms with Gasteiger partial charge in [0, 0.05) is 19.6 Å². The number of sulfonamides is 1. The van der Waals surface area contributed by atoms with Gasteiger partial charge in [-0.3, -0.25) is 9.59 Å². The number of carboxylic acid groups (broad SMARTS) is 1. The number of carbonyl (C=O) groups is 2. The zero-order valence-electron chi connectivity index (χ0n) is 13.5. The minimum Gasteiger partial charge on any atom is -0.480 e. The molecule has 3 rings (SSSR count). The lowest BCUT2D eigenvalue weighted by atomic mass is 10.2. The zero-order valence-corrected chi connectivity index (χ0v) is 14.3. The predicted molar refractivity (Wildman–Crippen MR) is 86.1 cm³/mol. The Morgan fingerprint density at radius 1 is 1.12 bits per heavy atom. The van der Waals surface area contributed by atoms with Crippen molar-refractivity contribution in [3.05, 3.63) is 29.6 Å². The number of nitrogens with zero attached hydrogens (tertiary/aromatic N) is 2. The van der Waals surface area contributed by atoms with Crippen LogP contribution < -0.4 is 0 Å². The first kappa shape index (κ1) is 17.8. The van der Waals surface area contributed by atoms with Crippen molar-refractivity contribution >= 4 is 21.9 Å². The third-order valence-electron chi connectivity index (χ3n) is 4.66. The number of benzene rings is 1. The first-order valence-electron chi connectivity index (χ1n) is 8.16. The fourth-order valence-corrected chi connectivity index (χ4v) is 4.99. The van der Waals surface area contributed by atoms with Crippen molar-refractivity contribution < 1.29 is 27.5 Å². The fourth-order valence-electron chi connectivity index (χ4n) is 3.33. The Bertz CT molecular complexity index is 805. The minimum atomic E-state index is -4.13. The van der Waals surface area contributed by atoms with Gasteiger partial charge in [0.05, 0.1) is 10.5 Å². The number of rotatable bonds is 4. The summed E-state index contributed by atoms with van der Waals surface area (Å²) in [5, 5.41) is 9.16. The standard InChI is InChI=1S/C16H19FN2O5S/c17-13-10-11(5-6-12(13)15(20)18-7-1-2-8-18)25(23,24)19-9-3-4-14(19)16(21)22/h5-6,10,14H,1-4,7-9H2,(H,21,22)/t14-/m0/s1. The lowest BCUT2D eigenvalue weighted by Gasteiger charge is -2.21. The Kier molecular flexibility index (Phi) is 4.79. The molecule has 0 aromatic heterocycles. The lowest BCUT2D eigenvalue weighted by molar-refractivity contribution is -0.140. The lowest BCUT2D eigenvalue weighted by Crippen LogP contribution is -2.40. The van der Waals surface area contributed by atoms with Crippen molar-refractivity contribution in [2.24, 2.45) is 0 Å². The Balaban J connectivity index is 1.89. The number of hydrogen-bond acceptors (Lipinski definition) is 4. The van der Waals surface area contributed by atoms with E-state index in [-0.39, 0.29) is 23.4 Å². The van der Waals surface area contributed by atoms with E-state index >= 15 is 0 Å². The van der Waals surface area contributed by atoms with Gasteiger partial charge in [-0.15, -0.1) is 0 Å². The largest absolute Gasteiger partial charge is 0.480 e. The van der Waals surface area contributed by atoms with Crippen LogP contribution in [0, 0.1) is 5.82 Å². The van der Waals surface area contributed by atoms with Crippen molar-refractivity contribution in [3.63, 3.8) is 0 Å². The van der Waals surface area contributed by atoms with Gasteiger partial charge < -0.3 is 10.0 Å². The van der Waals surface area contributed by atoms with Gasteiger partial charge in [0.25, 0.3) is 5.91 Å². The molecule has 2 saturated heterocycles. The second kappa shape index (κ2) is 6.72. The van der Waals surface area contributed by atoms with Gasteiger partial charge in [0.1, 0.15) is 11.9 Å². The highest BCUT2D eigenvalue weighted by atomic mass is 32.2. The number of halogens is 1. The van der Waals surface area contributed by atoms with E-state index in [1.807, 2.05) is 0 Å². The highest BCUT2D eigenvalue weighted by molar-refractivity contribution is 7.89. The van der Waals surface area contributed by atoms with Gasteiger partial charge in [-0.2, -0.15) is 4.31 Å². The van der Waals surface area contributed by atoms with Crippen LogP contribution in [-0.2, 0) is 14.8 Å². The van der Waals surface area contributed by atoms with Gasteiger partial charge in [-0.25, -0.2) is 12.8 Å². The van der Waals surface area contributed by atoms with Crippen LogP contribution in [0.3, 0.4) is 0 Å². The Morgan fingerprint density at radius 3 is 2.40 bits per heavy atom. The van der Waals surface area contributed by atoms with Gasteiger partial charge in [-0.1, -0.05) is 0 Å². The third kappa shape index (κ3) is 3.25. The molecular weight excluding hydrogens is 351 g/mol. The van der Waals surface area contributed by atoms with Crippen molar-refractivity contribution in [2.45, 2.75) is 36.6 Å². The monoisotopic (exact) mass is 370 g/mol. The van der Waals surface area contributed by atoms with Crippen molar-refractivity contribution in [1.29, 1.82) is 0 Å². The molecule has 2 fully saturated rings. The summed E-state index contributed by atoms with van der Waals surface area (Å²) in [5.41, 5.74) is -0.169. The van der Waals surface area contributed by atoms with Crippen LogP contribution in [0.4, 0.5) is 4.39 Å². The van der Waals surface area contributed by atoms with Gasteiger partial charge in [-0.05, 0) is 43.9 Å². The van der Waals surface area contributed by atoms with E-state index in [1.54, 1.807) is 0 Å². The van der Waals surface area contributed by atoms with Crippen molar-refractivity contribution in [2.75, 3.05) is 19.6 Å². The van der Waals surface area contributed by atoms with Crippen LogP contribution in [0.2, 0.25) is 0 Å². The molecule has 7 nitrogen and oxygen atoms in total. The van der Waals surface area contributed by atoms with Crippen LogP contribution in [0.25, 0.3) is 0 Å². The Labute approximate surface area is 145 Å². The summed E-state index contributed by atoms with van der Waals surface area (Å²) in [6.45, 7) is 1.20. The topological polar surface area (TPSA) is 95.0 Å². The SMILES string of the molecule is O=C(O)[C@@H]1CCCN1S(=O)(=O)c1ccc(C(=O)N2CCCC2)c(F)c1. The van der Waals surface area contributed by atoms with Crippen molar-refractivity contribution in [1.82, 2.24) is 9.21 Å². The van der Waals surface area contributed by atoms with Crippen molar-refractivity contribution in [3.8, 4) is 0 Å². The predicted octanol–water partition coefficient (Wildman–Crippen LogP) is 1.30. The quantitative estimate of drug-likeness (QED) is 0.862. The number of likely N-dealkylation sites (tertiary alicyclic amines) is 1. The van der Waals surface area contributed by atoms with Crippen LogP contribution in [-0.4, -0.2) is 60.3 Å². The first-order valence-corrected chi connectivity index (χ1v) is 9.60. The highest BCUT2D eigenvalue weighted by Gasteiger charge is 2.39. The van der Waals surface area contributed by atoms with Gasteiger partial charge >= 0.3 is 5.97 Å². The summed E-state index contributed by atoms with van der Waals surface area (Å²) >= 11 is 0. The molecule has 1 amide bonds. The van der Waals surface area contributed by atoms with E-state index in [1.165, 1.54) is 11.0 Å². The molecule has 136 valence electrons. The van der Waals surface area contributed by atoms with Crippen LogP contribution >= 0.6 is 0 Å². The fraction of sp³-hybridized carbons (Fsp3) is 0.500. The molecule has 25 heavy (non-hydrogen) atoms. The summed E-state index contributed by atoms with van der Waals surface area (Å²) in [6.07, 6.45) is 2.39. The van der Waals surface area contributed by atoms with Crippen LogP contribution in [0.5, 0.6) is 0 Å². The summed E-state index contributed by atoms with van der Waals surface area (Å²) in [6, 6.07) is 1.99. The molecule has 2 heterocycles. The van der Waals surface area contributed by atoms with Crippen LogP contribution in [0.15, 0.2) is 23.1 Å². The van der Waals surface area contributed by atoms with E-state index in [9.17, 15) is 22.4 Å². The maximum absolute atomic E-state index is 14.4. The van der Waals surface area contributed by atoms with E-state index in [4.69, 9.17) is 5.11 Å². The summed E-state index contributed by atoms with van der Waals surface area (Å²) in [7, 11) is -4.13. The molecule has 9 heteroatoms. The Hall–Kier alpha value is -2.00. The molecule has 0 saturated carbocycles. The highest BCUT2D eigenvalue weighted by Crippen LogP contribution is 2.27. The summed E-state index contributed by atoms with van der Waals surface area (Å²) in [5.74, 6) is -2.59. The number of aliphatic carboxylic acids is 1. The maximum atomic E-state index is 14.4. The summed E-state index contributed by atoms with van der Waals surface area (Å²) < 4.78 is 40.5. The second-order valence-electron chi connectivity index (χ2n) is 6.25. The molecule has 1 N–H and O–H groups in total. The molecule has 0 bridgehead atoms. The molecule has 0 spiro atoms. The molecular formula is C16H19FN2O5S. The molecule has 0 radical (unpaired) electrons. The van der Waals surface area contributed by atoms with E-state index in [0.717, 1.165) is 29.3 Å². The number of amides is 1. The maximum Gasteiger partial charge on any atom is 0.322 e. The van der Waals surface area contributed by atoms with Gasteiger partial charge in [0.2, 0.25) is 10.0 Å². The average molecular weight is 370 g/mol. The smallest absolute Gasteiger partial charge is 0.322 e. The molecule has 1 aromatic carbocycles. The third-order valence-corrected chi connectivity index (χ3v) is 6.56. The minimum absolute atomic E-state index is 0.0787. The Morgan fingerprint density at radius 2 is 1.80 bits per heavy atom. The average Bonchev–Trinajstić information content (AvgIpc) is 3.25.